The van der Waals surface area contributed by atoms with Crippen molar-refractivity contribution in [1.82, 2.24) is 9.78 Å². The molecule has 3 rings (SSSR count). The summed E-state index contributed by atoms with van der Waals surface area (Å²) in [5.74, 6) is -0.261. The highest BCUT2D eigenvalue weighted by molar-refractivity contribution is 6.31. The van der Waals surface area contributed by atoms with Crippen LogP contribution >= 0.6 is 11.6 Å². The number of aromatic nitrogens is 2. The number of nitrogens with zero attached hydrogens (tertiary/aromatic N) is 3. The van der Waals surface area contributed by atoms with Gasteiger partial charge < -0.3 is 15.0 Å². The summed E-state index contributed by atoms with van der Waals surface area (Å²) in [5, 5.41) is 7.89. The van der Waals surface area contributed by atoms with Gasteiger partial charge in [-0.15, -0.1) is 0 Å². The second kappa shape index (κ2) is 6.54. The third-order valence-electron chi connectivity index (χ3n) is 3.73. The summed E-state index contributed by atoms with van der Waals surface area (Å²) in [5.41, 5.74) is 2.44. The summed E-state index contributed by atoms with van der Waals surface area (Å²) in [4.78, 5) is 2.12. The lowest BCUT2D eigenvalue weighted by Gasteiger charge is -2.29. The van der Waals surface area contributed by atoms with Crippen LogP contribution in [0.15, 0.2) is 24.4 Å². The summed E-state index contributed by atoms with van der Waals surface area (Å²) >= 11 is 6.08. The lowest BCUT2D eigenvalue weighted by molar-refractivity contribution is 0.122. The number of hydrogen-bond donors (Lipinski definition) is 1. The van der Waals surface area contributed by atoms with E-state index in [2.05, 4.69) is 15.3 Å². The number of benzene rings is 1. The van der Waals surface area contributed by atoms with Gasteiger partial charge in [0, 0.05) is 31.5 Å². The Labute approximate surface area is 133 Å². The molecule has 1 fully saturated rings. The first-order valence-electron chi connectivity index (χ1n) is 7.17. The van der Waals surface area contributed by atoms with Gasteiger partial charge in [-0.05, 0) is 18.2 Å². The molecular formula is C15H18ClFN4O. The zero-order chi connectivity index (χ0) is 15.5. The molecule has 118 valence electrons. The second-order valence-electron chi connectivity index (χ2n) is 5.21. The van der Waals surface area contributed by atoms with Crippen LogP contribution in [0.25, 0.3) is 0 Å². The second-order valence-corrected chi connectivity index (χ2v) is 5.62. The molecule has 1 aromatic heterocycles. The molecule has 1 N–H and O–H groups in total. The molecule has 2 heterocycles. The normalized spacial score (nSPS) is 15.1. The van der Waals surface area contributed by atoms with Crippen LogP contribution in [0.1, 0.15) is 5.69 Å². The first-order valence-corrected chi connectivity index (χ1v) is 7.55. The number of ether oxygens (including phenoxy) is 1. The minimum absolute atomic E-state index is 0.261. The van der Waals surface area contributed by atoms with Gasteiger partial charge in [0.1, 0.15) is 5.82 Å². The minimum Gasteiger partial charge on any atom is -0.379 e. The molecule has 22 heavy (non-hydrogen) atoms. The van der Waals surface area contributed by atoms with E-state index in [1.807, 2.05) is 13.1 Å². The molecule has 0 unspecified atom stereocenters. The van der Waals surface area contributed by atoms with Gasteiger partial charge in [0.15, 0.2) is 0 Å². The van der Waals surface area contributed by atoms with E-state index in [0.29, 0.717) is 24.8 Å². The molecule has 1 aromatic carbocycles. The fraction of sp³-hybridized carbons (Fsp3) is 0.400. The van der Waals surface area contributed by atoms with Crippen molar-refractivity contribution in [3.63, 3.8) is 0 Å². The quantitative estimate of drug-likeness (QED) is 0.939. The highest BCUT2D eigenvalue weighted by Gasteiger charge is 2.13. The van der Waals surface area contributed by atoms with Crippen LogP contribution in [-0.4, -0.2) is 36.1 Å². The summed E-state index contributed by atoms with van der Waals surface area (Å²) in [6, 6.07) is 4.97. The van der Waals surface area contributed by atoms with E-state index in [9.17, 15) is 4.39 Å². The largest absolute Gasteiger partial charge is 0.379 e. The Bertz CT molecular complexity index is 635. The van der Waals surface area contributed by atoms with Gasteiger partial charge in [0.2, 0.25) is 0 Å². The molecular weight excluding hydrogens is 307 g/mol. The molecule has 0 aliphatic carbocycles. The van der Waals surface area contributed by atoms with E-state index < -0.39 is 0 Å². The van der Waals surface area contributed by atoms with Crippen molar-refractivity contribution in [2.24, 2.45) is 7.05 Å². The molecule has 7 heteroatoms. The Morgan fingerprint density at radius 1 is 1.32 bits per heavy atom. The molecule has 0 bridgehead atoms. The van der Waals surface area contributed by atoms with Crippen LogP contribution in [-0.2, 0) is 18.3 Å². The molecule has 0 atom stereocenters. The van der Waals surface area contributed by atoms with Crippen LogP contribution in [0.4, 0.5) is 15.8 Å². The number of anilines is 2. The van der Waals surface area contributed by atoms with E-state index in [-0.39, 0.29) is 5.82 Å². The van der Waals surface area contributed by atoms with Crippen LogP contribution in [0.5, 0.6) is 0 Å². The molecule has 0 radical (unpaired) electrons. The van der Waals surface area contributed by atoms with Gasteiger partial charge >= 0.3 is 0 Å². The Morgan fingerprint density at radius 2 is 2.09 bits per heavy atom. The number of halogens is 2. The Morgan fingerprint density at radius 3 is 2.77 bits per heavy atom. The number of morpholine rings is 1. The van der Waals surface area contributed by atoms with Crippen molar-refractivity contribution in [3.05, 3.63) is 40.9 Å². The summed E-state index contributed by atoms with van der Waals surface area (Å²) in [6.45, 7) is 3.38. The highest BCUT2D eigenvalue weighted by Crippen LogP contribution is 2.24. The maximum Gasteiger partial charge on any atom is 0.127 e. The maximum atomic E-state index is 13.9. The number of hydrogen-bond acceptors (Lipinski definition) is 4. The molecule has 1 aliphatic heterocycles. The van der Waals surface area contributed by atoms with Crippen molar-refractivity contribution in [2.45, 2.75) is 6.54 Å². The number of aryl methyl sites for hydroxylation is 1. The molecule has 0 saturated carbocycles. The first-order chi connectivity index (χ1) is 10.6. The van der Waals surface area contributed by atoms with Gasteiger partial charge in [-0.2, -0.15) is 5.10 Å². The lowest BCUT2D eigenvalue weighted by Crippen LogP contribution is -2.36. The molecule has 0 amide bonds. The zero-order valence-corrected chi connectivity index (χ0v) is 13.1. The minimum atomic E-state index is -0.261. The molecule has 0 spiro atoms. The summed E-state index contributed by atoms with van der Waals surface area (Å²) in [6.07, 6.45) is 1.60. The van der Waals surface area contributed by atoms with Gasteiger partial charge in [0.05, 0.1) is 36.7 Å². The van der Waals surface area contributed by atoms with Crippen LogP contribution in [0.2, 0.25) is 5.02 Å². The van der Waals surface area contributed by atoms with E-state index in [0.717, 1.165) is 30.2 Å². The third-order valence-corrected chi connectivity index (χ3v) is 4.05. The van der Waals surface area contributed by atoms with E-state index in [1.54, 1.807) is 16.9 Å². The van der Waals surface area contributed by atoms with E-state index in [4.69, 9.17) is 16.3 Å². The number of nitrogens with one attached hydrogen (secondary N) is 1. The van der Waals surface area contributed by atoms with Crippen molar-refractivity contribution < 1.29 is 9.13 Å². The predicted molar refractivity (Wildman–Crippen MR) is 85.0 cm³/mol. The van der Waals surface area contributed by atoms with Crippen LogP contribution in [0, 0.1) is 5.82 Å². The molecule has 5 nitrogen and oxygen atoms in total. The zero-order valence-electron chi connectivity index (χ0n) is 12.4. The highest BCUT2D eigenvalue weighted by atomic mass is 35.5. The van der Waals surface area contributed by atoms with Crippen molar-refractivity contribution in [2.75, 3.05) is 36.5 Å². The average molecular weight is 325 g/mol. The first kappa shape index (κ1) is 15.1. The topological polar surface area (TPSA) is 42.3 Å². The number of rotatable bonds is 4. The van der Waals surface area contributed by atoms with Crippen molar-refractivity contribution in [3.8, 4) is 0 Å². The standard InChI is InChI=1S/C15H18ClFN4O/c1-20-15(14(16)9-19-20)10-18-12-6-11(17)7-13(8-12)21-2-4-22-5-3-21/h6-9,18H,2-5,10H2,1H3. The maximum absolute atomic E-state index is 13.9. The summed E-state index contributed by atoms with van der Waals surface area (Å²) in [7, 11) is 1.83. The summed E-state index contributed by atoms with van der Waals surface area (Å²) < 4.78 is 20.9. The predicted octanol–water partition coefficient (Wildman–Crippen LogP) is 2.66. The van der Waals surface area contributed by atoms with Crippen LogP contribution < -0.4 is 10.2 Å². The van der Waals surface area contributed by atoms with Gasteiger partial charge in [-0.3, -0.25) is 4.68 Å². The lowest BCUT2D eigenvalue weighted by atomic mass is 10.2. The fourth-order valence-electron chi connectivity index (χ4n) is 2.50. The fourth-order valence-corrected chi connectivity index (χ4v) is 2.73. The molecule has 1 aliphatic rings. The molecule has 2 aromatic rings. The smallest absolute Gasteiger partial charge is 0.127 e. The van der Waals surface area contributed by atoms with Crippen molar-refractivity contribution >= 4 is 23.0 Å². The molecule has 1 saturated heterocycles. The van der Waals surface area contributed by atoms with Gasteiger partial charge in [0.25, 0.3) is 0 Å². The van der Waals surface area contributed by atoms with Gasteiger partial charge in [-0.1, -0.05) is 11.6 Å². The SMILES string of the molecule is Cn1ncc(Cl)c1CNc1cc(F)cc(N2CCOCC2)c1. The average Bonchev–Trinajstić information content (AvgIpc) is 2.84. The Balaban J connectivity index is 1.74. The van der Waals surface area contributed by atoms with Crippen LogP contribution in [0.3, 0.4) is 0 Å². The van der Waals surface area contributed by atoms with E-state index >= 15 is 0 Å². The van der Waals surface area contributed by atoms with Gasteiger partial charge in [-0.25, -0.2) is 4.39 Å². The monoisotopic (exact) mass is 324 g/mol. The Hall–Kier alpha value is -1.79. The third kappa shape index (κ3) is 3.34. The van der Waals surface area contributed by atoms with E-state index in [1.165, 1.54) is 6.07 Å². The van der Waals surface area contributed by atoms with Crippen molar-refractivity contribution in [1.29, 1.82) is 0 Å². The Kier molecular flexibility index (Phi) is 4.49.